The van der Waals surface area contributed by atoms with Gasteiger partial charge in [0.1, 0.15) is 11.6 Å². The zero-order valence-corrected chi connectivity index (χ0v) is 13.1. The minimum Gasteiger partial charge on any atom is -0.406 e. The maximum atomic E-state index is 12.1. The molecule has 0 saturated carbocycles. The Morgan fingerprint density at radius 3 is 2.57 bits per heavy atom. The van der Waals surface area contributed by atoms with Gasteiger partial charge in [-0.05, 0) is 19.1 Å². The summed E-state index contributed by atoms with van der Waals surface area (Å²) < 4.78 is 40.9. The van der Waals surface area contributed by atoms with Crippen LogP contribution in [0.1, 0.15) is 6.92 Å². The smallest absolute Gasteiger partial charge is 0.406 e. The second-order valence-corrected chi connectivity index (χ2v) is 5.24. The van der Waals surface area contributed by atoms with E-state index in [-0.39, 0.29) is 18.2 Å². The lowest BCUT2D eigenvalue weighted by Gasteiger charge is -2.09. The van der Waals surface area contributed by atoms with E-state index in [1.54, 1.807) is 0 Å². The summed E-state index contributed by atoms with van der Waals surface area (Å²) in [6.07, 6.45) is -4.69. The lowest BCUT2D eigenvalue weighted by molar-refractivity contribution is -0.274. The van der Waals surface area contributed by atoms with Crippen molar-refractivity contribution in [2.24, 2.45) is 4.99 Å². The molecule has 0 aliphatic heterocycles. The second-order valence-electron chi connectivity index (χ2n) is 4.23. The molecule has 1 aromatic carbocycles. The molecule has 0 saturated heterocycles. The highest BCUT2D eigenvalue weighted by Crippen LogP contribution is 2.32. The topological polar surface area (TPSA) is 37.7 Å². The molecule has 2 rings (SSSR count). The van der Waals surface area contributed by atoms with Gasteiger partial charge in [-0.25, -0.2) is 9.98 Å². The van der Waals surface area contributed by atoms with Crippen LogP contribution >= 0.6 is 23.7 Å². The Morgan fingerprint density at radius 2 is 2.00 bits per heavy atom. The molecular formula is C12H13ClF3N3OS. The van der Waals surface area contributed by atoms with Gasteiger partial charge < -0.3 is 9.64 Å². The fraction of sp³-hybridized carbons (Fsp3) is 0.333. The number of thiazole rings is 1. The van der Waals surface area contributed by atoms with Gasteiger partial charge in [-0.15, -0.1) is 25.6 Å². The minimum atomic E-state index is -4.69. The summed E-state index contributed by atoms with van der Waals surface area (Å²) in [7, 11) is 3.70. The van der Waals surface area contributed by atoms with Crippen molar-refractivity contribution >= 4 is 44.9 Å². The number of halogens is 4. The van der Waals surface area contributed by atoms with E-state index in [1.165, 1.54) is 29.5 Å². The molecule has 0 fully saturated rings. The Labute approximate surface area is 129 Å². The van der Waals surface area contributed by atoms with E-state index in [1.807, 2.05) is 25.9 Å². The Hall–Kier alpha value is -1.54. The highest BCUT2D eigenvalue weighted by Gasteiger charge is 2.31. The molecule has 0 spiro atoms. The van der Waals surface area contributed by atoms with Crippen molar-refractivity contribution in [1.29, 1.82) is 0 Å². The first-order valence-electron chi connectivity index (χ1n) is 5.63. The maximum Gasteiger partial charge on any atom is 0.573 e. The minimum absolute atomic E-state index is 0. The number of ether oxygens (including phenoxy) is 1. The summed E-state index contributed by atoms with van der Waals surface area (Å²) in [4.78, 5) is 10.4. The summed E-state index contributed by atoms with van der Waals surface area (Å²) >= 11 is 1.21. The van der Waals surface area contributed by atoms with Crippen molar-refractivity contribution in [3.05, 3.63) is 18.2 Å². The van der Waals surface area contributed by atoms with Crippen LogP contribution in [0.25, 0.3) is 10.2 Å². The molecule has 0 aliphatic carbocycles. The summed E-state index contributed by atoms with van der Waals surface area (Å²) in [6, 6.07) is 4.03. The number of fused-ring (bicyclic) bond motifs is 1. The number of aromatic nitrogens is 1. The maximum absolute atomic E-state index is 12.1. The summed E-state index contributed by atoms with van der Waals surface area (Å²) in [5, 5.41) is 0.496. The molecule has 0 bridgehead atoms. The van der Waals surface area contributed by atoms with E-state index in [0.717, 1.165) is 5.84 Å². The Balaban J connectivity index is 0.00000220. The zero-order chi connectivity index (χ0) is 14.9. The number of benzene rings is 1. The van der Waals surface area contributed by atoms with Gasteiger partial charge >= 0.3 is 6.36 Å². The molecule has 4 nitrogen and oxygen atoms in total. The molecule has 116 valence electrons. The van der Waals surface area contributed by atoms with Crippen LogP contribution in [0.3, 0.4) is 0 Å². The van der Waals surface area contributed by atoms with E-state index in [9.17, 15) is 13.2 Å². The van der Waals surface area contributed by atoms with Gasteiger partial charge in [0.2, 0.25) is 5.13 Å². The van der Waals surface area contributed by atoms with Gasteiger partial charge in [-0.1, -0.05) is 11.3 Å². The Bertz CT molecular complexity index is 655. The number of aliphatic imine (C=N–C) groups is 1. The number of nitrogens with zero attached hydrogens (tertiary/aromatic N) is 3. The Kier molecular flexibility index (Phi) is 5.41. The van der Waals surface area contributed by atoms with E-state index >= 15 is 0 Å². The molecule has 0 N–H and O–H groups in total. The normalized spacial score (nSPS) is 12.2. The van der Waals surface area contributed by atoms with Crippen LogP contribution in [0.15, 0.2) is 23.2 Å². The third-order valence-electron chi connectivity index (χ3n) is 2.49. The van der Waals surface area contributed by atoms with E-state index in [4.69, 9.17) is 0 Å². The molecular weight excluding hydrogens is 327 g/mol. The zero-order valence-electron chi connectivity index (χ0n) is 11.4. The molecule has 1 aromatic heterocycles. The molecule has 21 heavy (non-hydrogen) atoms. The van der Waals surface area contributed by atoms with Crippen LogP contribution in [0, 0.1) is 0 Å². The van der Waals surface area contributed by atoms with Gasteiger partial charge in [0.05, 0.1) is 10.2 Å². The van der Waals surface area contributed by atoms with Crippen molar-refractivity contribution in [2.75, 3.05) is 14.1 Å². The van der Waals surface area contributed by atoms with E-state index in [2.05, 4.69) is 14.7 Å². The van der Waals surface area contributed by atoms with Gasteiger partial charge in [0, 0.05) is 20.2 Å². The first kappa shape index (κ1) is 17.5. The van der Waals surface area contributed by atoms with Crippen LogP contribution in [0.2, 0.25) is 0 Å². The lowest BCUT2D eigenvalue weighted by Crippen LogP contribution is -2.17. The average molecular weight is 340 g/mol. The molecule has 1 heterocycles. The molecule has 0 radical (unpaired) electrons. The van der Waals surface area contributed by atoms with Crippen LogP contribution in [0.4, 0.5) is 18.3 Å². The van der Waals surface area contributed by atoms with Gasteiger partial charge in [0.25, 0.3) is 0 Å². The van der Waals surface area contributed by atoms with Gasteiger partial charge in [-0.3, -0.25) is 0 Å². The summed E-state index contributed by atoms with van der Waals surface area (Å²) in [5.74, 6) is 0.504. The van der Waals surface area contributed by atoms with Crippen molar-refractivity contribution in [3.63, 3.8) is 0 Å². The quantitative estimate of drug-likeness (QED) is 0.607. The van der Waals surface area contributed by atoms with Crippen molar-refractivity contribution in [3.8, 4) is 5.75 Å². The summed E-state index contributed by atoms with van der Waals surface area (Å²) in [6.45, 7) is 1.82. The van der Waals surface area contributed by atoms with Crippen LogP contribution in [-0.2, 0) is 0 Å². The SMILES string of the molecule is C/C(=N\c1nc2ccc(OC(F)(F)F)cc2s1)N(C)C.Cl. The lowest BCUT2D eigenvalue weighted by atomic mass is 10.3. The first-order chi connectivity index (χ1) is 9.24. The van der Waals surface area contributed by atoms with E-state index in [0.29, 0.717) is 15.3 Å². The first-order valence-corrected chi connectivity index (χ1v) is 6.45. The second kappa shape index (κ2) is 6.48. The van der Waals surface area contributed by atoms with Crippen molar-refractivity contribution in [2.45, 2.75) is 13.3 Å². The fourth-order valence-corrected chi connectivity index (χ4v) is 2.29. The molecule has 0 unspecified atom stereocenters. The molecule has 0 aliphatic rings. The Morgan fingerprint density at radius 1 is 1.33 bits per heavy atom. The van der Waals surface area contributed by atoms with Crippen molar-refractivity contribution in [1.82, 2.24) is 9.88 Å². The number of hydrogen-bond acceptors (Lipinski definition) is 4. The molecule has 9 heteroatoms. The molecule has 0 atom stereocenters. The van der Waals surface area contributed by atoms with Gasteiger partial charge in [-0.2, -0.15) is 0 Å². The standard InChI is InChI=1S/C12H12F3N3OS.ClH/c1-7(18(2)3)16-11-17-9-5-4-8(6-10(9)20-11)19-12(13,14)15;/h4-6H,1-3H3;1H/b16-7+;. The number of rotatable bonds is 2. The monoisotopic (exact) mass is 339 g/mol. The largest absolute Gasteiger partial charge is 0.573 e. The van der Waals surface area contributed by atoms with Crippen LogP contribution in [-0.4, -0.2) is 36.2 Å². The number of amidine groups is 1. The predicted molar refractivity (Wildman–Crippen MR) is 80.0 cm³/mol. The third-order valence-corrected chi connectivity index (χ3v) is 3.40. The van der Waals surface area contributed by atoms with Crippen LogP contribution in [0.5, 0.6) is 5.75 Å². The van der Waals surface area contributed by atoms with E-state index < -0.39 is 6.36 Å². The van der Waals surface area contributed by atoms with Crippen molar-refractivity contribution < 1.29 is 17.9 Å². The van der Waals surface area contributed by atoms with Gasteiger partial charge in [0.15, 0.2) is 0 Å². The highest BCUT2D eigenvalue weighted by atomic mass is 35.5. The third kappa shape index (κ3) is 4.75. The summed E-state index contributed by atoms with van der Waals surface area (Å²) in [5.41, 5.74) is 0.592. The molecule has 2 aromatic rings. The van der Waals surface area contributed by atoms with Crippen LogP contribution < -0.4 is 4.74 Å². The highest BCUT2D eigenvalue weighted by molar-refractivity contribution is 7.22. The molecule has 0 amide bonds. The predicted octanol–water partition coefficient (Wildman–Crippen LogP) is 4.23. The number of alkyl halides is 3. The average Bonchev–Trinajstić information content (AvgIpc) is 2.68. The fourth-order valence-electron chi connectivity index (χ4n) is 1.38. The number of hydrogen-bond donors (Lipinski definition) is 0.